The van der Waals surface area contributed by atoms with Gasteiger partial charge < -0.3 is 9.47 Å². The quantitative estimate of drug-likeness (QED) is 0.378. The van der Waals surface area contributed by atoms with E-state index < -0.39 is 0 Å². The van der Waals surface area contributed by atoms with Crippen LogP contribution in [-0.2, 0) is 11.3 Å². The van der Waals surface area contributed by atoms with Crippen molar-refractivity contribution >= 4 is 34.4 Å². The van der Waals surface area contributed by atoms with E-state index in [-0.39, 0.29) is 17.5 Å². The fourth-order valence-electron chi connectivity index (χ4n) is 3.43. The van der Waals surface area contributed by atoms with E-state index in [0.29, 0.717) is 23.8 Å². The van der Waals surface area contributed by atoms with Crippen molar-refractivity contribution in [1.29, 1.82) is 0 Å². The van der Waals surface area contributed by atoms with E-state index >= 15 is 0 Å². The standard InChI is InChI=1S/C24H22FN3OS/c1-2-27(19-11-4-3-5-12-19)23(29)17-30-24-26-21-14-8-9-15-22(21)28(24)16-18-10-6-7-13-20(18)25/h3-15H,2,16-17H2,1H3. The number of hydrogen-bond acceptors (Lipinski definition) is 3. The molecule has 0 unspecified atom stereocenters. The first-order valence-corrected chi connectivity index (χ1v) is 10.8. The maximum absolute atomic E-state index is 14.3. The molecule has 4 aromatic rings. The van der Waals surface area contributed by atoms with Gasteiger partial charge in [-0.3, -0.25) is 4.79 Å². The summed E-state index contributed by atoms with van der Waals surface area (Å²) in [5, 5.41) is 0.705. The van der Waals surface area contributed by atoms with Crippen molar-refractivity contribution in [3.05, 3.63) is 90.2 Å². The number of carbonyl (C=O) groups is 1. The molecule has 30 heavy (non-hydrogen) atoms. The van der Waals surface area contributed by atoms with Crippen molar-refractivity contribution in [2.24, 2.45) is 0 Å². The second-order valence-electron chi connectivity index (χ2n) is 6.82. The average molecular weight is 420 g/mol. The topological polar surface area (TPSA) is 38.1 Å². The minimum atomic E-state index is -0.247. The molecule has 0 aliphatic heterocycles. The molecule has 0 fully saturated rings. The van der Waals surface area contributed by atoms with Gasteiger partial charge in [0.2, 0.25) is 5.91 Å². The lowest BCUT2D eigenvalue weighted by Crippen LogP contribution is -2.32. The normalized spacial score (nSPS) is 11.0. The largest absolute Gasteiger partial charge is 0.314 e. The lowest BCUT2D eigenvalue weighted by Gasteiger charge is -2.20. The summed E-state index contributed by atoms with van der Waals surface area (Å²) >= 11 is 1.38. The molecule has 152 valence electrons. The van der Waals surface area contributed by atoms with Gasteiger partial charge in [0, 0.05) is 17.8 Å². The Morgan fingerprint density at radius 1 is 1.00 bits per heavy atom. The zero-order chi connectivity index (χ0) is 20.9. The number of anilines is 1. The van der Waals surface area contributed by atoms with Gasteiger partial charge in [0.05, 0.1) is 23.3 Å². The number of benzene rings is 3. The highest BCUT2D eigenvalue weighted by molar-refractivity contribution is 7.99. The second-order valence-corrected chi connectivity index (χ2v) is 7.77. The number of halogens is 1. The van der Waals surface area contributed by atoms with Crippen molar-refractivity contribution in [3.8, 4) is 0 Å². The van der Waals surface area contributed by atoms with Gasteiger partial charge in [0.1, 0.15) is 5.82 Å². The highest BCUT2D eigenvalue weighted by Gasteiger charge is 2.18. The van der Waals surface area contributed by atoms with Gasteiger partial charge in [-0.2, -0.15) is 0 Å². The van der Waals surface area contributed by atoms with Gasteiger partial charge >= 0.3 is 0 Å². The van der Waals surface area contributed by atoms with Crippen LogP contribution in [0.1, 0.15) is 12.5 Å². The molecule has 4 rings (SSSR count). The number of para-hydroxylation sites is 3. The molecule has 0 saturated carbocycles. The Hall–Kier alpha value is -3.12. The minimum absolute atomic E-state index is 0.0122. The number of fused-ring (bicyclic) bond motifs is 1. The fourth-order valence-corrected chi connectivity index (χ4v) is 4.32. The molecule has 0 aliphatic carbocycles. The molecule has 4 nitrogen and oxygen atoms in total. The van der Waals surface area contributed by atoms with E-state index in [1.54, 1.807) is 17.0 Å². The van der Waals surface area contributed by atoms with Gasteiger partial charge in [-0.1, -0.05) is 60.3 Å². The van der Waals surface area contributed by atoms with Crippen LogP contribution in [0.3, 0.4) is 0 Å². The van der Waals surface area contributed by atoms with Gasteiger partial charge in [-0.25, -0.2) is 9.37 Å². The number of imidazole rings is 1. The summed E-state index contributed by atoms with van der Waals surface area (Å²) in [6.07, 6.45) is 0. The number of nitrogens with zero attached hydrogens (tertiary/aromatic N) is 3. The summed E-state index contributed by atoms with van der Waals surface area (Å²) in [5.74, 6) is 0.0188. The average Bonchev–Trinajstić information content (AvgIpc) is 3.12. The molecule has 1 heterocycles. The molecular formula is C24H22FN3OS. The van der Waals surface area contributed by atoms with Crippen molar-refractivity contribution < 1.29 is 9.18 Å². The van der Waals surface area contributed by atoms with Crippen molar-refractivity contribution in [1.82, 2.24) is 9.55 Å². The van der Waals surface area contributed by atoms with Gasteiger partial charge in [0.25, 0.3) is 0 Å². The number of thioether (sulfide) groups is 1. The third kappa shape index (κ3) is 4.24. The van der Waals surface area contributed by atoms with Gasteiger partial charge in [0.15, 0.2) is 5.16 Å². The molecule has 0 aliphatic rings. The molecule has 0 saturated heterocycles. The third-order valence-electron chi connectivity index (χ3n) is 4.92. The third-order valence-corrected chi connectivity index (χ3v) is 5.88. The number of amides is 1. The van der Waals surface area contributed by atoms with Gasteiger partial charge in [-0.05, 0) is 37.3 Å². The van der Waals surface area contributed by atoms with E-state index in [2.05, 4.69) is 0 Å². The number of carbonyl (C=O) groups excluding carboxylic acids is 1. The Kier molecular flexibility index (Phi) is 6.14. The Morgan fingerprint density at radius 3 is 2.47 bits per heavy atom. The van der Waals surface area contributed by atoms with Crippen LogP contribution in [0.5, 0.6) is 0 Å². The van der Waals surface area contributed by atoms with Crippen LogP contribution >= 0.6 is 11.8 Å². The molecule has 6 heteroatoms. The highest BCUT2D eigenvalue weighted by atomic mass is 32.2. The molecule has 1 aromatic heterocycles. The Bertz CT molecular complexity index is 1160. The lowest BCUT2D eigenvalue weighted by molar-refractivity contribution is -0.116. The van der Waals surface area contributed by atoms with Crippen LogP contribution in [0.25, 0.3) is 11.0 Å². The summed E-state index contributed by atoms with van der Waals surface area (Å²) in [5.41, 5.74) is 3.23. The summed E-state index contributed by atoms with van der Waals surface area (Å²) in [6, 6.07) is 24.2. The van der Waals surface area contributed by atoms with E-state index in [4.69, 9.17) is 4.98 Å². The van der Waals surface area contributed by atoms with Crippen LogP contribution in [0.4, 0.5) is 10.1 Å². The van der Waals surface area contributed by atoms with E-state index in [1.165, 1.54) is 17.8 Å². The van der Waals surface area contributed by atoms with Gasteiger partial charge in [-0.15, -0.1) is 0 Å². The van der Waals surface area contributed by atoms with Crippen molar-refractivity contribution in [2.45, 2.75) is 18.6 Å². The van der Waals surface area contributed by atoms with Crippen LogP contribution < -0.4 is 4.90 Å². The maximum atomic E-state index is 14.3. The van der Waals surface area contributed by atoms with Crippen molar-refractivity contribution in [3.63, 3.8) is 0 Å². The fraction of sp³-hybridized carbons (Fsp3) is 0.167. The molecule has 0 N–H and O–H groups in total. The predicted molar refractivity (Wildman–Crippen MR) is 120 cm³/mol. The summed E-state index contributed by atoms with van der Waals surface area (Å²) in [6.45, 7) is 2.91. The van der Waals surface area contributed by atoms with E-state index in [1.807, 2.05) is 72.2 Å². The smallest absolute Gasteiger partial charge is 0.237 e. The molecular weight excluding hydrogens is 397 g/mol. The zero-order valence-corrected chi connectivity index (χ0v) is 17.5. The van der Waals surface area contributed by atoms with Crippen LogP contribution in [-0.4, -0.2) is 27.8 Å². The predicted octanol–water partition coefficient (Wildman–Crippen LogP) is 5.37. The minimum Gasteiger partial charge on any atom is -0.314 e. The monoisotopic (exact) mass is 419 g/mol. The molecule has 0 atom stereocenters. The Labute approximate surface area is 179 Å². The Morgan fingerprint density at radius 2 is 1.70 bits per heavy atom. The zero-order valence-electron chi connectivity index (χ0n) is 16.7. The van der Waals surface area contributed by atoms with E-state index in [9.17, 15) is 9.18 Å². The summed E-state index contributed by atoms with van der Waals surface area (Å²) < 4.78 is 16.2. The lowest BCUT2D eigenvalue weighted by atomic mass is 10.2. The summed E-state index contributed by atoms with van der Waals surface area (Å²) in [4.78, 5) is 19.4. The van der Waals surface area contributed by atoms with Crippen LogP contribution in [0.15, 0.2) is 84.0 Å². The van der Waals surface area contributed by atoms with Crippen molar-refractivity contribution in [2.75, 3.05) is 17.2 Å². The SMILES string of the molecule is CCN(C(=O)CSc1nc2ccccc2n1Cc1ccccc1F)c1ccccc1. The maximum Gasteiger partial charge on any atom is 0.237 e. The first kappa shape index (κ1) is 20.2. The molecule has 3 aromatic carbocycles. The number of aromatic nitrogens is 2. The highest BCUT2D eigenvalue weighted by Crippen LogP contribution is 2.26. The molecule has 1 amide bonds. The second kappa shape index (κ2) is 9.13. The summed E-state index contributed by atoms with van der Waals surface area (Å²) in [7, 11) is 0. The van der Waals surface area contributed by atoms with E-state index in [0.717, 1.165) is 16.7 Å². The Balaban J connectivity index is 1.59. The first-order valence-electron chi connectivity index (χ1n) is 9.84. The van der Waals surface area contributed by atoms with Crippen LogP contribution in [0.2, 0.25) is 0 Å². The first-order chi connectivity index (χ1) is 14.7. The number of hydrogen-bond donors (Lipinski definition) is 0. The molecule has 0 radical (unpaired) electrons. The molecule has 0 spiro atoms. The number of rotatable bonds is 7. The molecule has 0 bridgehead atoms. The van der Waals surface area contributed by atoms with Crippen LogP contribution in [0, 0.1) is 5.82 Å².